The average Bonchev–Trinajstić information content (AvgIpc) is 2.48. The van der Waals surface area contributed by atoms with Crippen LogP contribution in [0.15, 0.2) is 0 Å². The molecule has 2 heterocycles. The van der Waals surface area contributed by atoms with Crippen molar-refractivity contribution >= 4 is 11.8 Å². The van der Waals surface area contributed by atoms with Gasteiger partial charge in [-0.1, -0.05) is 0 Å². The van der Waals surface area contributed by atoms with Crippen LogP contribution in [-0.4, -0.2) is 24.9 Å². The molecule has 0 aliphatic carbocycles. The number of imide groups is 1. The maximum atomic E-state index is 11.5. The van der Waals surface area contributed by atoms with Crippen LogP contribution in [0.5, 0.6) is 0 Å². The molecule has 0 saturated carbocycles. The molecule has 2 aliphatic heterocycles. The summed E-state index contributed by atoms with van der Waals surface area (Å²) >= 11 is 0. The van der Waals surface area contributed by atoms with Gasteiger partial charge in [0.05, 0.1) is 5.41 Å². The van der Waals surface area contributed by atoms with Gasteiger partial charge in [0.2, 0.25) is 11.8 Å². The SMILES string of the molecule is O=C1CCC2(CCNC2)C(=O)N1. The van der Waals surface area contributed by atoms with E-state index in [1.165, 1.54) is 0 Å². The smallest absolute Gasteiger partial charge is 0.234 e. The number of piperidine rings is 1. The fraction of sp³-hybridized carbons (Fsp3) is 0.750. The van der Waals surface area contributed by atoms with Gasteiger partial charge in [-0.05, 0) is 19.4 Å². The first-order valence-corrected chi connectivity index (χ1v) is 4.28. The molecule has 4 heteroatoms. The monoisotopic (exact) mass is 168 g/mol. The van der Waals surface area contributed by atoms with E-state index in [1.54, 1.807) is 0 Å². The van der Waals surface area contributed by atoms with E-state index in [4.69, 9.17) is 0 Å². The van der Waals surface area contributed by atoms with Crippen LogP contribution in [0.4, 0.5) is 0 Å². The lowest BCUT2D eigenvalue weighted by Gasteiger charge is -2.30. The molecule has 66 valence electrons. The Labute approximate surface area is 70.7 Å². The molecule has 0 radical (unpaired) electrons. The summed E-state index contributed by atoms with van der Waals surface area (Å²) in [5.74, 6) is -0.207. The number of nitrogens with one attached hydrogen (secondary N) is 2. The zero-order chi connectivity index (χ0) is 8.60. The molecular formula is C8H12N2O2. The van der Waals surface area contributed by atoms with Gasteiger partial charge in [-0.15, -0.1) is 0 Å². The summed E-state index contributed by atoms with van der Waals surface area (Å²) in [7, 11) is 0. The first-order chi connectivity index (χ1) is 5.73. The number of hydrogen-bond donors (Lipinski definition) is 2. The summed E-state index contributed by atoms with van der Waals surface area (Å²) in [6, 6.07) is 0. The van der Waals surface area contributed by atoms with E-state index in [-0.39, 0.29) is 17.2 Å². The predicted octanol–water partition coefficient (Wildman–Crippen LogP) is -0.597. The van der Waals surface area contributed by atoms with Crippen molar-refractivity contribution in [1.82, 2.24) is 10.6 Å². The van der Waals surface area contributed by atoms with Crippen molar-refractivity contribution in [3.05, 3.63) is 0 Å². The van der Waals surface area contributed by atoms with Gasteiger partial charge in [0.25, 0.3) is 0 Å². The van der Waals surface area contributed by atoms with Gasteiger partial charge in [0.15, 0.2) is 0 Å². The molecule has 1 spiro atoms. The second kappa shape index (κ2) is 2.55. The second-order valence-electron chi connectivity index (χ2n) is 3.58. The van der Waals surface area contributed by atoms with E-state index < -0.39 is 0 Å². The normalized spacial score (nSPS) is 35.7. The molecule has 0 aromatic carbocycles. The van der Waals surface area contributed by atoms with Crippen LogP contribution < -0.4 is 10.6 Å². The molecule has 1 unspecified atom stereocenters. The highest BCUT2D eigenvalue weighted by atomic mass is 16.2. The van der Waals surface area contributed by atoms with Crippen molar-refractivity contribution in [2.24, 2.45) is 5.41 Å². The molecule has 2 rings (SSSR count). The van der Waals surface area contributed by atoms with Crippen molar-refractivity contribution in [2.75, 3.05) is 13.1 Å². The predicted molar refractivity (Wildman–Crippen MR) is 42.3 cm³/mol. The fourth-order valence-corrected chi connectivity index (χ4v) is 1.94. The number of carbonyl (C=O) groups is 2. The first-order valence-electron chi connectivity index (χ1n) is 4.28. The third-order valence-electron chi connectivity index (χ3n) is 2.81. The van der Waals surface area contributed by atoms with E-state index in [9.17, 15) is 9.59 Å². The van der Waals surface area contributed by atoms with Crippen LogP contribution in [0.3, 0.4) is 0 Å². The van der Waals surface area contributed by atoms with Gasteiger partial charge < -0.3 is 5.32 Å². The summed E-state index contributed by atoms with van der Waals surface area (Å²) in [5.41, 5.74) is -0.270. The molecule has 4 nitrogen and oxygen atoms in total. The summed E-state index contributed by atoms with van der Waals surface area (Å²) in [4.78, 5) is 22.3. The lowest BCUT2D eigenvalue weighted by atomic mass is 9.79. The lowest BCUT2D eigenvalue weighted by Crippen LogP contribution is -2.49. The zero-order valence-corrected chi connectivity index (χ0v) is 6.85. The topological polar surface area (TPSA) is 58.2 Å². The zero-order valence-electron chi connectivity index (χ0n) is 6.85. The Morgan fingerprint density at radius 1 is 1.25 bits per heavy atom. The Morgan fingerprint density at radius 3 is 2.67 bits per heavy atom. The molecular weight excluding hydrogens is 156 g/mol. The number of amides is 2. The molecule has 2 saturated heterocycles. The Balaban J connectivity index is 2.16. The molecule has 2 fully saturated rings. The highest BCUT2D eigenvalue weighted by Crippen LogP contribution is 2.33. The van der Waals surface area contributed by atoms with E-state index in [0.717, 1.165) is 19.5 Å². The molecule has 0 aromatic rings. The largest absolute Gasteiger partial charge is 0.316 e. The Hall–Kier alpha value is -0.900. The maximum absolute atomic E-state index is 11.5. The van der Waals surface area contributed by atoms with Crippen molar-refractivity contribution in [3.63, 3.8) is 0 Å². The summed E-state index contributed by atoms with van der Waals surface area (Å²) in [6.45, 7) is 1.62. The van der Waals surface area contributed by atoms with Gasteiger partial charge in [-0.25, -0.2) is 0 Å². The van der Waals surface area contributed by atoms with Gasteiger partial charge in [-0.2, -0.15) is 0 Å². The third kappa shape index (κ3) is 1.03. The maximum Gasteiger partial charge on any atom is 0.234 e. The number of hydrogen-bond acceptors (Lipinski definition) is 3. The van der Waals surface area contributed by atoms with Gasteiger partial charge in [-0.3, -0.25) is 14.9 Å². The van der Waals surface area contributed by atoms with Crippen LogP contribution in [0.1, 0.15) is 19.3 Å². The summed E-state index contributed by atoms with van der Waals surface area (Å²) in [5, 5.41) is 5.55. The van der Waals surface area contributed by atoms with E-state index in [2.05, 4.69) is 10.6 Å². The van der Waals surface area contributed by atoms with Gasteiger partial charge >= 0.3 is 0 Å². The van der Waals surface area contributed by atoms with Crippen LogP contribution in [0, 0.1) is 5.41 Å². The molecule has 0 aromatic heterocycles. The fourth-order valence-electron chi connectivity index (χ4n) is 1.94. The molecule has 12 heavy (non-hydrogen) atoms. The minimum Gasteiger partial charge on any atom is -0.316 e. The summed E-state index contributed by atoms with van der Waals surface area (Å²) in [6.07, 6.45) is 2.07. The highest BCUT2D eigenvalue weighted by Gasteiger charge is 2.44. The molecule has 2 amide bonds. The summed E-state index contributed by atoms with van der Waals surface area (Å²) < 4.78 is 0. The second-order valence-corrected chi connectivity index (χ2v) is 3.58. The lowest BCUT2D eigenvalue weighted by molar-refractivity contribution is -0.140. The van der Waals surface area contributed by atoms with Crippen molar-refractivity contribution in [2.45, 2.75) is 19.3 Å². The van der Waals surface area contributed by atoms with Crippen molar-refractivity contribution < 1.29 is 9.59 Å². The molecule has 2 N–H and O–H groups in total. The Kier molecular flexibility index (Phi) is 1.65. The Bertz CT molecular complexity index is 231. The van der Waals surface area contributed by atoms with Gasteiger partial charge in [0, 0.05) is 13.0 Å². The van der Waals surface area contributed by atoms with Crippen LogP contribution in [0.25, 0.3) is 0 Å². The number of carbonyl (C=O) groups excluding carboxylic acids is 2. The Morgan fingerprint density at radius 2 is 2.08 bits per heavy atom. The molecule has 1 atom stereocenters. The quantitative estimate of drug-likeness (QED) is 0.475. The van der Waals surface area contributed by atoms with Crippen LogP contribution in [-0.2, 0) is 9.59 Å². The van der Waals surface area contributed by atoms with Crippen molar-refractivity contribution in [1.29, 1.82) is 0 Å². The van der Waals surface area contributed by atoms with Gasteiger partial charge in [0.1, 0.15) is 0 Å². The molecule has 0 bridgehead atoms. The van der Waals surface area contributed by atoms with E-state index in [1.807, 2.05) is 0 Å². The van der Waals surface area contributed by atoms with Crippen LogP contribution >= 0.6 is 0 Å². The van der Waals surface area contributed by atoms with E-state index >= 15 is 0 Å². The van der Waals surface area contributed by atoms with Crippen LogP contribution in [0.2, 0.25) is 0 Å². The van der Waals surface area contributed by atoms with E-state index in [0.29, 0.717) is 12.8 Å². The minimum absolute atomic E-state index is 0.0799. The number of rotatable bonds is 0. The standard InChI is InChI=1S/C8H12N2O2/c11-6-1-2-8(7(12)10-6)3-4-9-5-8/h9H,1-5H2,(H,10,11,12). The highest BCUT2D eigenvalue weighted by molar-refractivity contribution is 6.00. The first kappa shape index (κ1) is 7.73. The average molecular weight is 168 g/mol. The minimum atomic E-state index is -0.270. The third-order valence-corrected chi connectivity index (χ3v) is 2.81. The molecule has 2 aliphatic rings. The van der Waals surface area contributed by atoms with Crippen molar-refractivity contribution in [3.8, 4) is 0 Å².